The summed E-state index contributed by atoms with van der Waals surface area (Å²) >= 11 is 0. The van der Waals surface area contributed by atoms with Crippen molar-refractivity contribution in [3.05, 3.63) is 17.5 Å². The maximum absolute atomic E-state index is 10.8. The number of methoxy groups -OCH3 is 1. The fourth-order valence-electron chi connectivity index (χ4n) is 2.21. The topological polar surface area (TPSA) is 84.3 Å². The van der Waals surface area contributed by atoms with Gasteiger partial charge in [-0.25, -0.2) is 14.8 Å². The molecule has 0 aromatic carbocycles. The van der Waals surface area contributed by atoms with Crippen molar-refractivity contribution >= 4 is 11.9 Å². The van der Waals surface area contributed by atoms with E-state index in [9.17, 15) is 4.79 Å². The summed E-state index contributed by atoms with van der Waals surface area (Å²) in [4.78, 5) is 19.0. The Labute approximate surface area is 105 Å². The molecule has 1 heterocycles. The minimum atomic E-state index is -1.00. The van der Waals surface area contributed by atoms with E-state index in [4.69, 9.17) is 9.84 Å². The molecule has 1 aromatic heterocycles. The second kappa shape index (κ2) is 5.30. The van der Waals surface area contributed by atoms with Crippen molar-refractivity contribution in [1.82, 2.24) is 9.97 Å². The molecule has 2 unspecified atom stereocenters. The van der Waals surface area contributed by atoms with Gasteiger partial charge in [0.15, 0.2) is 0 Å². The van der Waals surface area contributed by atoms with E-state index >= 15 is 0 Å². The van der Waals surface area contributed by atoms with E-state index in [2.05, 4.69) is 15.3 Å². The average Bonchev–Trinajstić information content (AvgIpc) is 2.76. The van der Waals surface area contributed by atoms with Crippen LogP contribution >= 0.6 is 0 Å². The molecule has 6 nitrogen and oxygen atoms in total. The van der Waals surface area contributed by atoms with Gasteiger partial charge in [-0.1, -0.05) is 0 Å². The van der Waals surface area contributed by atoms with E-state index in [1.165, 1.54) is 6.20 Å². The molecule has 1 fully saturated rings. The van der Waals surface area contributed by atoms with Gasteiger partial charge < -0.3 is 15.2 Å². The van der Waals surface area contributed by atoms with E-state index in [0.29, 0.717) is 23.8 Å². The number of carboxylic acids is 1. The molecule has 0 aliphatic heterocycles. The summed E-state index contributed by atoms with van der Waals surface area (Å²) in [6.07, 6.45) is 4.61. The third kappa shape index (κ3) is 2.76. The monoisotopic (exact) mass is 251 g/mol. The second-order valence-electron chi connectivity index (χ2n) is 4.51. The Morgan fingerprint density at radius 2 is 2.33 bits per heavy atom. The molecule has 1 saturated carbocycles. The van der Waals surface area contributed by atoms with E-state index in [1.54, 1.807) is 14.0 Å². The first-order valence-corrected chi connectivity index (χ1v) is 5.96. The Morgan fingerprint density at radius 3 is 2.89 bits per heavy atom. The second-order valence-corrected chi connectivity index (χ2v) is 4.51. The van der Waals surface area contributed by atoms with Crippen LogP contribution in [0, 0.1) is 6.92 Å². The maximum atomic E-state index is 10.8. The van der Waals surface area contributed by atoms with Gasteiger partial charge in [0, 0.05) is 19.3 Å². The van der Waals surface area contributed by atoms with Gasteiger partial charge in [0.05, 0.1) is 17.4 Å². The fraction of sp³-hybridized carbons (Fsp3) is 0.583. The summed E-state index contributed by atoms with van der Waals surface area (Å²) in [5.74, 6) is -0.515. The Hall–Kier alpha value is -1.69. The van der Waals surface area contributed by atoms with E-state index in [-0.39, 0.29) is 5.56 Å². The van der Waals surface area contributed by atoms with Gasteiger partial charge >= 0.3 is 5.97 Å². The molecular formula is C12H17N3O3. The molecule has 1 aliphatic rings. The molecule has 0 spiro atoms. The van der Waals surface area contributed by atoms with Gasteiger partial charge in [0.2, 0.25) is 5.95 Å². The molecular weight excluding hydrogens is 234 g/mol. The van der Waals surface area contributed by atoms with Gasteiger partial charge in [-0.15, -0.1) is 0 Å². The molecule has 0 saturated heterocycles. The fourth-order valence-corrected chi connectivity index (χ4v) is 2.21. The highest BCUT2D eigenvalue weighted by Gasteiger charge is 2.25. The standard InChI is InChI=1S/C12H17N3O3/c1-7-10(11(16)17)6-13-12(14-7)15-8-3-4-9(5-8)18-2/h6,8-9H,3-5H2,1-2H3,(H,16,17)(H,13,14,15). The van der Waals surface area contributed by atoms with Crippen molar-refractivity contribution in [3.8, 4) is 0 Å². The number of nitrogens with zero attached hydrogens (tertiary/aromatic N) is 2. The predicted octanol–water partition coefficient (Wildman–Crippen LogP) is 1.46. The van der Waals surface area contributed by atoms with Crippen molar-refractivity contribution in [3.63, 3.8) is 0 Å². The third-order valence-electron chi connectivity index (χ3n) is 3.26. The first-order chi connectivity index (χ1) is 8.60. The summed E-state index contributed by atoms with van der Waals surface area (Å²) in [6, 6.07) is 0.296. The predicted molar refractivity (Wildman–Crippen MR) is 65.8 cm³/mol. The quantitative estimate of drug-likeness (QED) is 0.842. The minimum Gasteiger partial charge on any atom is -0.478 e. The molecule has 2 N–H and O–H groups in total. The Bertz CT molecular complexity index is 450. The molecule has 2 atom stereocenters. The Balaban J connectivity index is 2.02. The largest absolute Gasteiger partial charge is 0.478 e. The summed E-state index contributed by atoms with van der Waals surface area (Å²) in [7, 11) is 1.72. The maximum Gasteiger partial charge on any atom is 0.339 e. The van der Waals surface area contributed by atoms with Crippen molar-refractivity contribution in [2.45, 2.75) is 38.3 Å². The van der Waals surface area contributed by atoms with E-state index in [1.807, 2.05) is 0 Å². The summed E-state index contributed by atoms with van der Waals surface area (Å²) in [5, 5.41) is 12.1. The van der Waals surface area contributed by atoms with Crippen LogP contribution in [0.2, 0.25) is 0 Å². The SMILES string of the molecule is COC1CCC(Nc2ncc(C(=O)O)c(C)n2)C1. The Morgan fingerprint density at radius 1 is 1.56 bits per heavy atom. The van der Waals surface area contributed by atoms with Crippen LogP contribution in [0.25, 0.3) is 0 Å². The van der Waals surface area contributed by atoms with Crippen LogP contribution in [0.15, 0.2) is 6.20 Å². The number of anilines is 1. The molecule has 18 heavy (non-hydrogen) atoms. The van der Waals surface area contributed by atoms with Crippen LogP contribution < -0.4 is 5.32 Å². The van der Waals surface area contributed by atoms with Crippen LogP contribution in [-0.2, 0) is 4.74 Å². The van der Waals surface area contributed by atoms with Crippen LogP contribution in [0.5, 0.6) is 0 Å². The molecule has 0 radical (unpaired) electrons. The zero-order chi connectivity index (χ0) is 13.1. The van der Waals surface area contributed by atoms with Crippen LogP contribution in [0.3, 0.4) is 0 Å². The molecule has 0 bridgehead atoms. The van der Waals surface area contributed by atoms with Crippen molar-refractivity contribution < 1.29 is 14.6 Å². The first-order valence-electron chi connectivity index (χ1n) is 5.96. The smallest absolute Gasteiger partial charge is 0.339 e. The lowest BCUT2D eigenvalue weighted by Gasteiger charge is -2.13. The van der Waals surface area contributed by atoms with Crippen LogP contribution in [0.4, 0.5) is 5.95 Å². The van der Waals surface area contributed by atoms with E-state index in [0.717, 1.165) is 19.3 Å². The highest BCUT2D eigenvalue weighted by Crippen LogP contribution is 2.23. The number of nitrogens with one attached hydrogen (secondary N) is 1. The molecule has 1 aromatic rings. The van der Waals surface area contributed by atoms with Crippen LogP contribution in [0.1, 0.15) is 35.3 Å². The number of carbonyl (C=O) groups is 1. The summed E-state index contributed by atoms with van der Waals surface area (Å²) < 4.78 is 5.29. The normalized spacial score (nSPS) is 23.0. The molecule has 6 heteroatoms. The zero-order valence-corrected chi connectivity index (χ0v) is 10.5. The number of ether oxygens (including phenoxy) is 1. The van der Waals surface area contributed by atoms with Gasteiger partial charge in [0.25, 0.3) is 0 Å². The molecule has 0 amide bonds. The van der Waals surface area contributed by atoms with Gasteiger partial charge in [-0.2, -0.15) is 0 Å². The number of aromatic carboxylic acids is 1. The Kier molecular flexibility index (Phi) is 3.76. The lowest BCUT2D eigenvalue weighted by atomic mass is 10.2. The van der Waals surface area contributed by atoms with Gasteiger partial charge in [-0.05, 0) is 26.2 Å². The zero-order valence-electron chi connectivity index (χ0n) is 10.5. The first kappa shape index (κ1) is 12.8. The third-order valence-corrected chi connectivity index (χ3v) is 3.26. The van der Waals surface area contributed by atoms with Gasteiger partial charge in [0.1, 0.15) is 0 Å². The number of carboxylic acid groups (broad SMARTS) is 1. The summed E-state index contributed by atoms with van der Waals surface area (Å²) in [6.45, 7) is 1.67. The number of aryl methyl sites for hydroxylation is 1. The minimum absolute atomic E-state index is 0.140. The number of hydrogen-bond acceptors (Lipinski definition) is 5. The van der Waals surface area contributed by atoms with Crippen molar-refractivity contribution in [1.29, 1.82) is 0 Å². The van der Waals surface area contributed by atoms with Gasteiger partial charge in [-0.3, -0.25) is 0 Å². The lowest BCUT2D eigenvalue weighted by molar-refractivity contribution is 0.0695. The number of hydrogen-bond donors (Lipinski definition) is 2. The molecule has 98 valence electrons. The highest BCUT2D eigenvalue weighted by atomic mass is 16.5. The average molecular weight is 251 g/mol. The van der Waals surface area contributed by atoms with Crippen LogP contribution in [-0.4, -0.2) is 40.3 Å². The summed E-state index contributed by atoms with van der Waals surface area (Å²) in [5.41, 5.74) is 0.614. The van der Waals surface area contributed by atoms with E-state index < -0.39 is 5.97 Å². The van der Waals surface area contributed by atoms with Crippen molar-refractivity contribution in [2.75, 3.05) is 12.4 Å². The lowest BCUT2D eigenvalue weighted by Crippen LogP contribution is -2.19. The molecule has 2 rings (SSSR count). The highest BCUT2D eigenvalue weighted by molar-refractivity contribution is 5.88. The van der Waals surface area contributed by atoms with Crippen molar-refractivity contribution in [2.24, 2.45) is 0 Å². The molecule has 1 aliphatic carbocycles. The number of aromatic nitrogens is 2. The number of rotatable bonds is 4.